The van der Waals surface area contributed by atoms with Crippen LogP contribution in [0.25, 0.3) is 6.08 Å². The number of rotatable bonds is 7. The van der Waals surface area contributed by atoms with E-state index in [-0.39, 0.29) is 17.6 Å². The monoisotopic (exact) mass is 536 g/mol. The number of aliphatic hydroxyl groups excluding tert-OH is 2. The molecule has 0 amide bonds. The number of carbonyl (C=O) groups is 1. The van der Waals surface area contributed by atoms with Crippen molar-refractivity contribution in [2.75, 3.05) is 0 Å². The molecule has 4 aliphatic rings. The lowest BCUT2D eigenvalue weighted by Crippen LogP contribution is -2.62. The van der Waals surface area contributed by atoms with E-state index in [0.29, 0.717) is 46.8 Å². The normalized spacial score (nSPS) is 43.4. The molecule has 12 atom stereocenters. The van der Waals surface area contributed by atoms with Crippen molar-refractivity contribution in [1.29, 1.82) is 0 Å². The first-order valence-electron chi connectivity index (χ1n) is 15.9. The lowest BCUT2D eigenvalue weighted by Gasteiger charge is -2.64. The molecule has 1 aromatic carbocycles. The topological polar surface area (TPSA) is 77.8 Å². The highest BCUT2D eigenvalue weighted by atomic mass is 16.4. The van der Waals surface area contributed by atoms with Crippen LogP contribution >= 0.6 is 0 Å². The molecule has 0 aliphatic heterocycles. The number of fused-ring (bicyclic) bond motifs is 5. The molecule has 216 valence electrons. The zero-order valence-electron chi connectivity index (χ0n) is 24.9. The van der Waals surface area contributed by atoms with E-state index in [1.165, 1.54) is 25.7 Å². The third-order valence-corrected chi connectivity index (χ3v) is 12.8. The van der Waals surface area contributed by atoms with E-state index in [1.807, 2.05) is 24.3 Å². The van der Waals surface area contributed by atoms with Gasteiger partial charge in [-0.3, -0.25) is 4.79 Å². The first kappa shape index (κ1) is 28.9. The van der Waals surface area contributed by atoms with Crippen molar-refractivity contribution in [3.8, 4) is 0 Å². The molecule has 0 aromatic heterocycles. The maximum absolute atomic E-state index is 11.9. The van der Waals surface area contributed by atoms with Gasteiger partial charge in [-0.15, -0.1) is 0 Å². The minimum atomic E-state index is -0.790. The number of aliphatic hydroxyl groups is 2. The molecule has 0 bridgehead atoms. The third kappa shape index (κ3) is 4.92. The van der Waals surface area contributed by atoms with Crippen LogP contribution in [-0.2, 0) is 4.79 Å². The van der Waals surface area contributed by atoms with Crippen molar-refractivity contribution < 1.29 is 20.1 Å². The Labute approximate surface area is 236 Å². The minimum absolute atomic E-state index is 0.189. The summed E-state index contributed by atoms with van der Waals surface area (Å²) >= 11 is 0. The summed E-state index contributed by atoms with van der Waals surface area (Å²) in [5.41, 5.74) is 2.51. The molecular formula is C35H52O4. The fourth-order valence-electron chi connectivity index (χ4n) is 10.6. The van der Waals surface area contributed by atoms with Crippen LogP contribution in [-0.4, -0.2) is 33.5 Å². The van der Waals surface area contributed by atoms with Gasteiger partial charge in [0.15, 0.2) is 0 Å². The number of benzene rings is 1. The van der Waals surface area contributed by atoms with Crippen LogP contribution in [0.5, 0.6) is 0 Å². The number of hydrogen-bond acceptors (Lipinski definition) is 3. The maximum Gasteiger partial charge on any atom is 0.310 e. The molecule has 4 heteroatoms. The Kier molecular flexibility index (Phi) is 8.12. The molecule has 4 aliphatic carbocycles. The third-order valence-electron chi connectivity index (χ3n) is 12.8. The largest absolute Gasteiger partial charge is 0.481 e. The van der Waals surface area contributed by atoms with Crippen LogP contribution in [0.4, 0.5) is 0 Å². The van der Waals surface area contributed by atoms with Gasteiger partial charge in [-0.2, -0.15) is 0 Å². The quantitative estimate of drug-likeness (QED) is 0.336. The number of aliphatic carboxylic acids is 1. The first-order valence-corrected chi connectivity index (χ1v) is 15.9. The lowest BCUT2D eigenvalue weighted by molar-refractivity contribution is -0.203. The minimum Gasteiger partial charge on any atom is -0.481 e. The van der Waals surface area contributed by atoms with Crippen LogP contribution in [0.15, 0.2) is 30.3 Å². The highest BCUT2D eigenvalue weighted by molar-refractivity contribution is 5.75. The molecule has 4 nitrogen and oxygen atoms in total. The Morgan fingerprint density at radius 1 is 0.974 bits per heavy atom. The summed E-state index contributed by atoms with van der Waals surface area (Å²) in [5.74, 6) is 2.37. The second kappa shape index (κ2) is 11.0. The Morgan fingerprint density at radius 3 is 2.31 bits per heavy atom. The van der Waals surface area contributed by atoms with E-state index in [1.54, 1.807) is 6.92 Å². The maximum atomic E-state index is 11.9. The fourth-order valence-corrected chi connectivity index (χ4v) is 10.6. The second-order valence-corrected chi connectivity index (χ2v) is 14.5. The summed E-state index contributed by atoms with van der Waals surface area (Å²) in [4.78, 5) is 11.3. The molecule has 39 heavy (non-hydrogen) atoms. The van der Waals surface area contributed by atoms with Gasteiger partial charge in [0.2, 0.25) is 0 Å². The van der Waals surface area contributed by atoms with Gasteiger partial charge in [0, 0.05) is 0 Å². The van der Waals surface area contributed by atoms with Crippen molar-refractivity contribution in [3.05, 3.63) is 41.5 Å². The van der Waals surface area contributed by atoms with Crippen LogP contribution in [0.1, 0.15) is 109 Å². The Hall–Kier alpha value is -1.65. The average Bonchev–Trinajstić information content (AvgIpc) is 3.27. The highest BCUT2D eigenvalue weighted by Gasteiger charge is 2.64. The molecule has 0 spiro atoms. The second-order valence-electron chi connectivity index (χ2n) is 14.5. The Balaban J connectivity index is 1.29. The fraction of sp³-hybridized carbons (Fsp3) is 0.743. The predicted octanol–water partition coefficient (Wildman–Crippen LogP) is 7.54. The van der Waals surface area contributed by atoms with Crippen molar-refractivity contribution in [3.63, 3.8) is 0 Å². The standard InChI is InChI=1S/C35H52O4/c1-6-26-30-20-25(36)16-18-35(30,5)29-17-19-34(4)27(14-15-28(34)31(29)32(26)37)21(2)8-7-9-23-10-12-24(13-11-23)22(3)33(38)39/h7,9-13,21-22,25-32,36-37H,6,8,14-20H2,1-5H3,(H,38,39)/b9-7+/t21-,22?,25-,26-,27-,28?,29?,30+,31?,32-,34-,35-/m1/s1. The van der Waals surface area contributed by atoms with Gasteiger partial charge in [0.25, 0.3) is 0 Å². The van der Waals surface area contributed by atoms with E-state index < -0.39 is 11.9 Å². The molecule has 0 saturated heterocycles. The van der Waals surface area contributed by atoms with Gasteiger partial charge in [-0.25, -0.2) is 0 Å². The highest BCUT2D eigenvalue weighted by Crippen LogP contribution is 2.69. The van der Waals surface area contributed by atoms with Gasteiger partial charge in [-0.1, -0.05) is 70.5 Å². The summed E-state index contributed by atoms with van der Waals surface area (Å²) in [7, 11) is 0. The smallest absolute Gasteiger partial charge is 0.310 e. The van der Waals surface area contributed by atoms with Crippen molar-refractivity contribution in [2.45, 2.75) is 111 Å². The Bertz CT molecular complexity index is 1050. The van der Waals surface area contributed by atoms with Gasteiger partial charge in [0.05, 0.1) is 18.1 Å². The summed E-state index contributed by atoms with van der Waals surface area (Å²) in [6.45, 7) is 11.5. The van der Waals surface area contributed by atoms with Gasteiger partial charge in [0.1, 0.15) is 0 Å². The molecule has 0 heterocycles. The summed E-state index contributed by atoms with van der Waals surface area (Å²) in [6.07, 6.45) is 14.1. The average molecular weight is 537 g/mol. The molecule has 0 radical (unpaired) electrons. The molecule has 3 N–H and O–H groups in total. The van der Waals surface area contributed by atoms with Crippen molar-refractivity contribution in [1.82, 2.24) is 0 Å². The van der Waals surface area contributed by atoms with Crippen LogP contribution in [0, 0.1) is 52.3 Å². The van der Waals surface area contributed by atoms with E-state index in [2.05, 4.69) is 39.8 Å². The molecular weight excluding hydrogens is 484 g/mol. The summed E-state index contributed by atoms with van der Waals surface area (Å²) < 4.78 is 0. The zero-order valence-corrected chi connectivity index (χ0v) is 24.9. The molecule has 4 saturated carbocycles. The van der Waals surface area contributed by atoms with E-state index in [9.17, 15) is 20.1 Å². The van der Waals surface area contributed by atoms with Crippen LogP contribution in [0.3, 0.4) is 0 Å². The SMILES string of the molecule is CC[C@H]1[C@@H](O)C2C3CC[C@H]([C@H](C)C/C=C/c4ccc(C(C)C(=O)O)cc4)[C@@]3(C)CCC2[C@@]2(C)CC[C@@H](O)C[C@@H]12. The van der Waals surface area contributed by atoms with Gasteiger partial charge >= 0.3 is 5.97 Å². The van der Waals surface area contributed by atoms with Gasteiger partial charge < -0.3 is 15.3 Å². The molecule has 5 rings (SSSR count). The van der Waals surface area contributed by atoms with E-state index in [0.717, 1.165) is 43.2 Å². The van der Waals surface area contributed by atoms with E-state index in [4.69, 9.17) is 0 Å². The zero-order chi connectivity index (χ0) is 28.1. The molecule has 4 fully saturated rings. The first-order chi connectivity index (χ1) is 18.5. The number of carboxylic acids is 1. The van der Waals surface area contributed by atoms with Crippen molar-refractivity contribution >= 4 is 12.0 Å². The lowest BCUT2D eigenvalue weighted by atomic mass is 9.41. The number of carboxylic acid groups (broad SMARTS) is 1. The van der Waals surface area contributed by atoms with Crippen LogP contribution < -0.4 is 0 Å². The Morgan fingerprint density at radius 2 is 1.64 bits per heavy atom. The predicted molar refractivity (Wildman–Crippen MR) is 157 cm³/mol. The number of allylic oxidation sites excluding steroid dienone is 1. The summed E-state index contributed by atoms with van der Waals surface area (Å²) in [5, 5.41) is 31.7. The number of hydrogen-bond donors (Lipinski definition) is 3. The van der Waals surface area contributed by atoms with E-state index >= 15 is 0 Å². The van der Waals surface area contributed by atoms with Crippen LogP contribution in [0.2, 0.25) is 0 Å². The van der Waals surface area contributed by atoms with Gasteiger partial charge in [-0.05, 0) is 122 Å². The molecule has 4 unspecified atom stereocenters. The molecule has 1 aromatic rings. The van der Waals surface area contributed by atoms with Crippen molar-refractivity contribution in [2.24, 2.45) is 52.3 Å². The summed E-state index contributed by atoms with van der Waals surface area (Å²) in [6, 6.07) is 7.91.